The monoisotopic (exact) mass is 243 g/mol. The molecule has 1 aromatic carbocycles. The van der Waals surface area contributed by atoms with Crippen molar-refractivity contribution in [2.24, 2.45) is 5.73 Å². The number of carboxylic acids is 1. The molecule has 86 valence electrons. The number of carbonyl (C=O) groups excluding carboxylic acids is 1. The summed E-state index contributed by atoms with van der Waals surface area (Å²) < 4.78 is 22.4. The van der Waals surface area contributed by atoms with Gasteiger partial charge in [0.05, 0.1) is 16.0 Å². The van der Waals surface area contributed by atoms with Gasteiger partial charge in [0.25, 0.3) is 0 Å². The Morgan fingerprint density at radius 3 is 2.19 bits per heavy atom. The van der Waals surface area contributed by atoms with Crippen molar-refractivity contribution in [3.63, 3.8) is 0 Å². The minimum Gasteiger partial charge on any atom is -0.478 e. The molecule has 7 heteroatoms. The third kappa shape index (κ3) is 2.37. The third-order valence-electron chi connectivity index (χ3n) is 1.92. The fraction of sp³-hybridized carbons (Fsp3) is 0.111. The molecule has 0 saturated carbocycles. The molecule has 0 saturated heterocycles. The van der Waals surface area contributed by atoms with Gasteiger partial charge in [0.1, 0.15) is 0 Å². The van der Waals surface area contributed by atoms with Crippen LogP contribution in [0.4, 0.5) is 0 Å². The van der Waals surface area contributed by atoms with Gasteiger partial charge in [-0.15, -0.1) is 0 Å². The van der Waals surface area contributed by atoms with E-state index in [0.29, 0.717) is 0 Å². The number of primary amides is 1. The molecule has 0 bridgehead atoms. The van der Waals surface area contributed by atoms with Crippen molar-refractivity contribution >= 4 is 21.7 Å². The van der Waals surface area contributed by atoms with E-state index in [1.54, 1.807) is 0 Å². The van der Waals surface area contributed by atoms with Crippen LogP contribution in [0.5, 0.6) is 0 Å². The van der Waals surface area contributed by atoms with Gasteiger partial charge in [0.2, 0.25) is 5.91 Å². The van der Waals surface area contributed by atoms with Crippen molar-refractivity contribution in [1.82, 2.24) is 0 Å². The summed E-state index contributed by atoms with van der Waals surface area (Å²) in [5.41, 5.74) is 4.32. The first kappa shape index (κ1) is 12.2. The average Bonchev–Trinajstić information content (AvgIpc) is 2.15. The predicted octanol–water partition coefficient (Wildman–Crippen LogP) is -0.113. The quantitative estimate of drug-likeness (QED) is 0.768. The molecule has 0 aliphatic carbocycles. The highest BCUT2D eigenvalue weighted by Crippen LogP contribution is 2.16. The van der Waals surface area contributed by atoms with Gasteiger partial charge in [0, 0.05) is 6.26 Å². The van der Waals surface area contributed by atoms with E-state index in [9.17, 15) is 18.0 Å². The average molecular weight is 243 g/mol. The van der Waals surface area contributed by atoms with Crippen LogP contribution in [0.15, 0.2) is 23.1 Å². The van der Waals surface area contributed by atoms with E-state index in [4.69, 9.17) is 10.8 Å². The van der Waals surface area contributed by atoms with E-state index in [2.05, 4.69) is 0 Å². The lowest BCUT2D eigenvalue weighted by Crippen LogP contribution is -2.17. The molecule has 0 atom stereocenters. The van der Waals surface area contributed by atoms with Crippen LogP contribution in [-0.2, 0) is 9.84 Å². The number of carboxylic acid groups (broad SMARTS) is 1. The second-order valence-electron chi connectivity index (χ2n) is 3.15. The Morgan fingerprint density at radius 1 is 1.25 bits per heavy atom. The summed E-state index contributed by atoms with van der Waals surface area (Å²) >= 11 is 0. The number of benzene rings is 1. The molecular weight excluding hydrogens is 234 g/mol. The molecule has 0 aliphatic heterocycles. The van der Waals surface area contributed by atoms with E-state index in [1.807, 2.05) is 0 Å². The van der Waals surface area contributed by atoms with Crippen LogP contribution in [0.2, 0.25) is 0 Å². The summed E-state index contributed by atoms with van der Waals surface area (Å²) in [6, 6.07) is 3.14. The first-order chi connectivity index (χ1) is 7.23. The van der Waals surface area contributed by atoms with Gasteiger partial charge in [0.15, 0.2) is 9.84 Å². The molecule has 16 heavy (non-hydrogen) atoms. The maximum Gasteiger partial charge on any atom is 0.336 e. The Labute approximate surface area is 91.6 Å². The standard InChI is InChI=1S/C9H9NO5S/c1-16(14,15)5-2-3-6(8(10)11)7(4-5)9(12)13/h2-4H,1H3,(H2,10,11)(H,12,13). The van der Waals surface area contributed by atoms with Crippen molar-refractivity contribution in [2.45, 2.75) is 4.90 Å². The summed E-state index contributed by atoms with van der Waals surface area (Å²) in [4.78, 5) is 21.5. The molecule has 0 heterocycles. The zero-order valence-electron chi connectivity index (χ0n) is 8.30. The van der Waals surface area contributed by atoms with Crippen LogP contribution in [0, 0.1) is 0 Å². The van der Waals surface area contributed by atoms with Crippen LogP contribution in [-0.4, -0.2) is 31.7 Å². The maximum absolute atomic E-state index is 11.2. The van der Waals surface area contributed by atoms with Crippen molar-refractivity contribution in [3.05, 3.63) is 29.3 Å². The molecule has 1 rings (SSSR count). The Balaban J connectivity index is 3.52. The number of amides is 1. The Bertz CT molecular complexity index is 561. The Morgan fingerprint density at radius 2 is 1.81 bits per heavy atom. The molecule has 0 radical (unpaired) electrons. The smallest absolute Gasteiger partial charge is 0.336 e. The molecule has 3 N–H and O–H groups in total. The zero-order chi connectivity index (χ0) is 12.5. The van der Waals surface area contributed by atoms with Crippen LogP contribution in [0.25, 0.3) is 0 Å². The molecule has 0 spiro atoms. The van der Waals surface area contributed by atoms with E-state index in [1.165, 1.54) is 0 Å². The van der Waals surface area contributed by atoms with Gasteiger partial charge in [-0.25, -0.2) is 13.2 Å². The van der Waals surface area contributed by atoms with Gasteiger partial charge < -0.3 is 10.8 Å². The summed E-state index contributed by atoms with van der Waals surface area (Å²) in [5.74, 6) is -2.32. The summed E-state index contributed by atoms with van der Waals surface area (Å²) in [5, 5.41) is 8.80. The number of hydrogen-bond donors (Lipinski definition) is 2. The lowest BCUT2D eigenvalue weighted by Gasteiger charge is -2.04. The number of aromatic carboxylic acids is 1. The Kier molecular flexibility index (Phi) is 2.99. The summed E-state index contributed by atoms with van der Waals surface area (Å²) in [6.45, 7) is 0. The molecule has 1 aromatic rings. The minimum atomic E-state index is -3.52. The van der Waals surface area contributed by atoms with Crippen molar-refractivity contribution in [2.75, 3.05) is 6.26 Å². The largest absolute Gasteiger partial charge is 0.478 e. The minimum absolute atomic E-state index is 0.171. The first-order valence-corrected chi connectivity index (χ1v) is 6.00. The van der Waals surface area contributed by atoms with Crippen LogP contribution in [0.3, 0.4) is 0 Å². The fourth-order valence-corrected chi connectivity index (χ4v) is 1.79. The molecular formula is C9H9NO5S. The Hall–Kier alpha value is -1.89. The SMILES string of the molecule is CS(=O)(=O)c1ccc(C(N)=O)c(C(=O)O)c1. The van der Waals surface area contributed by atoms with Crippen molar-refractivity contribution in [3.8, 4) is 0 Å². The molecule has 0 aliphatic rings. The maximum atomic E-state index is 11.2. The summed E-state index contributed by atoms with van der Waals surface area (Å²) in [6.07, 6.45) is 0.942. The van der Waals surface area contributed by atoms with Crippen LogP contribution < -0.4 is 5.73 Å². The van der Waals surface area contributed by atoms with Gasteiger partial charge in [-0.2, -0.15) is 0 Å². The van der Waals surface area contributed by atoms with Crippen molar-refractivity contribution in [1.29, 1.82) is 0 Å². The molecule has 1 amide bonds. The topological polar surface area (TPSA) is 115 Å². The van der Waals surface area contributed by atoms with Gasteiger partial charge >= 0.3 is 5.97 Å². The van der Waals surface area contributed by atoms with E-state index >= 15 is 0 Å². The predicted molar refractivity (Wildman–Crippen MR) is 55.0 cm³/mol. The number of rotatable bonds is 3. The van der Waals surface area contributed by atoms with Crippen molar-refractivity contribution < 1.29 is 23.1 Å². The highest BCUT2D eigenvalue weighted by atomic mass is 32.2. The second kappa shape index (κ2) is 3.93. The van der Waals surface area contributed by atoms with E-state index in [0.717, 1.165) is 24.5 Å². The highest BCUT2D eigenvalue weighted by molar-refractivity contribution is 7.90. The number of carbonyl (C=O) groups is 2. The van der Waals surface area contributed by atoms with E-state index in [-0.39, 0.29) is 10.5 Å². The van der Waals surface area contributed by atoms with Gasteiger partial charge in [-0.05, 0) is 18.2 Å². The second-order valence-corrected chi connectivity index (χ2v) is 5.16. The normalized spacial score (nSPS) is 11.1. The number of sulfone groups is 1. The molecule has 0 aromatic heterocycles. The van der Waals surface area contributed by atoms with Gasteiger partial charge in [-0.3, -0.25) is 4.79 Å². The van der Waals surface area contributed by atoms with Crippen LogP contribution >= 0.6 is 0 Å². The fourth-order valence-electron chi connectivity index (χ4n) is 1.15. The summed E-state index contributed by atoms with van der Waals surface area (Å²) in [7, 11) is -3.52. The van der Waals surface area contributed by atoms with Crippen LogP contribution in [0.1, 0.15) is 20.7 Å². The molecule has 0 unspecified atom stereocenters. The molecule has 6 nitrogen and oxygen atoms in total. The third-order valence-corrected chi connectivity index (χ3v) is 3.03. The molecule has 0 fully saturated rings. The first-order valence-electron chi connectivity index (χ1n) is 4.10. The van der Waals surface area contributed by atoms with Gasteiger partial charge in [-0.1, -0.05) is 0 Å². The number of nitrogens with two attached hydrogens (primary N) is 1. The number of hydrogen-bond acceptors (Lipinski definition) is 4. The lowest BCUT2D eigenvalue weighted by molar-refractivity contribution is 0.0691. The lowest BCUT2D eigenvalue weighted by atomic mass is 10.1. The zero-order valence-corrected chi connectivity index (χ0v) is 9.11. The highest BCUT2D eigenvalue weighted by Gasteiger charge is 2.18. The van der Waals surface area contributed by atoms with E-state index < -0.39 is 27.3 Å².